The molecule has 0 saturated heterocycles. The molecule has 0 heterocycles. The van der Waals surface area contributed by atoms with Gasteiger partial charge >= 0.3 is 5.51 Å². The van der Waals surface area contributed by atoms with E-state index in [-0.39, 0.29) is 16.7 Å². The van der Waals surface area contributed by atoms with Crippen LogP contribution in [0.5, 0.6) is 0 Å². The summed E-state index contributed by atoms with van der Waals surface area (Å²) in [5.74, 6) is 0. The van der Waals surface area contributed by atoms with Gasteiger partial charge in [0.2, 0.25) is 0 Å². The van der Waals surface area contributed by atoms with Crippen molar-refractivity contribution in [3.8, 4) is 0 Å². The van der Waals surface area contributed by atoms with E-state index < -0.39 is 11.1 Å². The number of alkyl halides is 3. The normalized spacial score (nSPS) is 12.7. The first-order valence-corrected chi connectivity index (χ1v) is 7.37. The van der Waals surface area contributed by atoms with Crippen LogP contribution in [0.4, 0.5) is 13.2 Å². The van der Waals surface area contributed by atoms with Gasteiger partial charge in [0.05, 0.1) is 5.60 Å². The van der Waals surface area contributed by atoms with Crippen molar-refractivity contribution in [1.29, 1.82) is 0 Å². The van der Waals surface area contributed by atoms with Gasteiger partial charge in [0.1, 0.15) is 0 Å². The van der Waals surface area contributed by atoms with Crippen molar-refractivity contribution < 1.29 is 18.3 Å². The minimum Gasteiger partial charge on any atom is -0.389 e. The molecule has 0 aliphatic rings. The van der Waals surface area contributed by atoms with Crippen LogP contribution < -0.4 is 5.32 Å². The summed E-state index contributed by atoms with van der Waals surface area (Å²) in [6.45, 7) is 4.85. The Kier molecular flexibility index (Phi) is 6.36. The van der Waals surface area contributed by atoms with Crippen LogP contribution in [0, 0.1) is 0 Å². The Morgan fingerprint density at radius 3 is 2.10 bits per heavy atom. The number of hydrogen-bond acceptors (Lipinski definition) is 3. The molecule has 0 fully saturated rings. The Morgan fingerprint density at radius 1 is 1.10 bits per heavy atom. The Labute approximate surface area is 121 Å². The number of rotatable bonds is 7. The lowest BCUT2D eigenvalue weighted by Crippen LogP contribution is -2.39. The molecule has 114 valence electrons. The average Bonchev–Trinajstić information content (AvgIpc) is 2.39. The summed E-state index contributed by atoms with van der Waals surface area (Å²) in [6.07, 6.45) is 1.33. The molecule has 2 N–H and O–H groups in total. The van der Waals surface area contributed by atoms with Crippen molar-refractivity contribution in [3.05, 3.63) is 29.8 Å². The highest BCUT2D eigenvalue weighted by molar-refractivity contribution is 8.00. The highest BCUT2D eigenvalue weighted by Crippen LogP contribution is 2.36. The van der Waals surface area contributed by atoms with Crippen LogP contribution in [-0.4, -0.2) is 22.8 Å². The molecule has 6 heteroatoms. The van der Waals surface area contributed by atoms with E-state index in [9.17, 15) is 18.3 Å². The molecule has 1 rings (SSSR count). The van der Waals surface area contributed by atoms with Crippen LogP contribution in [0.1, 0.15) is 32.3 Å². The van der Waals surface area contributed by atoms with Gasteiger partial charge in [-0.05, 0) is 42.3 Å². The van der Waals surface area contributed by atoms with Gasteiger partial charge in [0.15, 0.2) is 0 Å². The van der Waals surface area contributed by atoms with E-state index in [1.165, 1.54) is 12.1 Å². The van der Waals surface area contributed by atoms with Crippen LogP contribution >= 0.6 is 11.8 Å². The van der Waals surface area contributed by atoms with Gasteiger partial charge in [-0.2, -0.15) is 13.2 Å². The first-order valence-electron chi connectivity index (χ1n) is 6.56. The molecule has 1 aromatic rings. The minimum absolute atomic E-state index is 0.116. The predicted octanol–water partition coefficient (Wildman–Crippen LogP) is 3.94. The molecule has 0 amide bonds. The number of hydrogen-bond donors (Lipinski definition) is 2. The molecular weight excluding hydrogens is 287 g/mol. The third kappa shape index (κ3) is 6.15. The van der Waals surface area contributed by atoms with Crippen molar-refractivity contribution in [2.24, 2.45) is 0 Å². The van der Waals surface area contributed by atoms with Crippen molar-refractivity contribution in [2.75, 3.05) is 6.54 Å². The lowest BCUT2D eigenvalue weighted by Gasteiger charge is -2.25. The lowest BCUT2D eigenvalue weighted by atomic mass is 9.97. The molecule has 0 saturated carbocycles. The Hall–Kier alpha value is -0.720. The van der Waals surface area contributed by atoms with E-state index in [2.05, 4.69) is 5.32 Å². The van der Waals surface area contributed by atoms with E-state index in [1.54, 1.807) is 12.1 Å². The third-order valence-corrected chi connectivity index (χ3v) is 4.00. The van der Waals surface area contributed by atoms with Crippen molar-refractivity contribution in [1.82, 2.24) is 5.32 Å². The maximum absolute atomic E-state index is 12.2. The first kappa shape index (κ1) is 17.3. The van der Waals surface area contributed by atoms with Gasteiger partial charge in [0.25, 0.3) is 0 Å². The van der Waals surface area contributed by atoms with Gasteiger partial charge < -0.3 is 10.4 Å². The second-order valence-electron chi connectivity index (χ2n) is 4.73. The van der Waals surface area contributed by atoms with Crippen molar-refractivity contribution in [3.63, 3.8) is 0 Å². The second kappa shape index (κ2) is 7.33. The molecule has 0 bridgehead atoms. The van der Waals surface area contributed by atoms with Crippen LogP contribution in [-0.2, 0) is 6.54 Å². The average molecular weight is 307 g/mol. The molecule has 0 atom stereocenters. The zero-order valence-electron chi connectivity index (χ0n) is 11.6. The quantitative estimate of drug-likeness (QED) is 0.748. The molecular formula is C14H20F3NOS. The minimum atomic E-state index is -4.25. The largest absolute Gasteiger partial charge is 0.446 e. The Bertz CT molecular complexity index is 402. The Morgan fingerprint density at radius 2 is 1.65 bits per heavy atom. The lowest BCUT2D eigenvalue weighted by molar-refractivity contribution is -0.0328. The second-order valence-corrected chi connectivity index (χ2v) is 5.87. The highest BCUT2D eigenvalue weighted by atomic mass is 32.2. The van der Waals surface area contributed by atoms with Crippen molar-refractivity contribution >= 4 is 11.8 Å². The third-order valence-electron chi connectivity index (χ3n) is 3.26. The standard InChI is InChI=1S/C14H20F3NOS/c1-3-13(19,4-2)10-18-9-11-5-7-12(8-6-11)20-14(15,16)17/h5-8,18-19H,3-4,9-10H2,1-2H3. The number of benzene rings is 1. The zero-order valence-corrected chi connectivity index (χ0v) is 12.4. The number of nitrogens with one attached hydrogen (secondary N) is 1. The topological polar surface area (TPSA) is 32.3 Å². The van der Waals surface area contributed by atoms with Crippen LogP contribution in [0.2, 0.25) is 0 Å². The zero-order chi connectivity index (χ0) is 15.2. The summed E-state index contributed by atoms with van der Waals surface area (Å²) in [4.78, 5) is 0.180. The summed E-state index contributed by atoms with van der Waals surface area (Å²) in [7, 11) is 0. The van der Waals surface area contributed by atoms with Crippen LogP contribution in [0.25, 0.3) is 0 Å². The number of halogens is 3. The summed E-state index contributed by atoms with van der Waals surface area (Å²) in [5, 5.41) is 13.2. The molecule has 1 aromatic carbocycles. The predicted molar refractivity (Wildman–Crippen MR) is 75.6 cm³/mol. The van der Waals surface area contributed by atoms with E-state index >= 15 is 0 Å². The molecule has 20 heavy (non-hydrogen) atoms. The molecule has 0 aromatic heterocycles. The Balaban J connectivity index is 2.46. The van der Waals surface area contributed by atoms with Crippen molar-refractivity contribution in [2.45, 2.75) is 49.2 Å². The molecule has 0 spiro atoms. The van der Waals surface area contributed by atoms with Gasteiger partial charge in [-0.15, -0.1) is 0 Å². The van der Waals surface area contributed by atoms with Gasteiger partial charge in [0, 0.05) is 18.0 Å². The van der Waals surface area contributed by atoms with E-state index in [4.69, 9.17) is 0 Å². The summed E-state index contributed by atoms with van der Waals surface area (Å²) >= 11 is -0.116. The summed E-state index contributed by atoms with van der Waals surface area (Å²) in [6, 6.07) is 6.25. The highest BCUT2D eigenvalue weighted by Gasteiger charge is 2.29. The van der Waals surface area contributed by atoms with Gasteiger partial charge in [-0.3, -0.25) is 0 Å². The maximum Gasteiger partial charge on any atom is 0.446 e. The fourth-order valence-corrected chi connectivity index (χ4v) is 2.29. The molecule has 0 aliphatic carbocycles. The van der Waals surface area contributed by atoms with Crippen LogP contribution in [0.15, 0.2) is 29.2 Å². The molecule has 0 unspecified atom stereocenters. The molecule has 0 aliphatic heterocycles. The van der Waals surface area contributed by atoms with Gasteiger partial charge in [-0.25, -0.2) is 0 Å². The molecule has 2 nitrogen and oxygen atoms in total. The fraction of sp³-hybridized carbons (Fsp3) is 0.571. The smallest absolute Gasteiger partial charge is 0.389 e. The summed E-state index contributed by atoms with van der Waals surface area (Å²) in [5.41, 5.74) is -4.07. The van der Waals surface area contributed by atoms with E-state index in [0.717, 1.165) is 5.56 Å². The van der Waals surface area contributed by atoms with Crippen LogP contribution in [0.3, 0.4) is 0 Å². The maximum atomic E-state index is 12.2. The number of thioether (sulfide) groups is 1. The fourth-order valence-electron chi connectivity index (χ4n) is 1.75. The first-order chi connectivity index (χ1) is 9.28. The number of aliphatic hydroxyl groups is 1. The monoisotopic (exact) mass is 307 g/mol. The van der Waals surface area contributed by atoms with E-state index in [0.29, 0.717) is 25.9 Å². The van der Waals surface area contributed by atoms with E-state index in [1.807, 2.05) is 13.8 Å². The molecule has 0 radical (unpaired) electrons. The SMILES string of the molecule is CCC(O)(CC)CNCc1ccc(SC(F)(F)F)cc1. The van der Waals surface area contributed by atoms with Gasteiger partial charge in [-0.1, -0.05) is 26.0 Å². The summed E-state index contributed by atoms with van der Waals surface area (Å²) < 4.78 is 36.5.